The summed E-state index contributed by atoms with van der Waals surface area (Å²) >= 11 is 12.2. The average molecular weight is 306 g/mol. The van der Waals surface area contributed by atoms with Crippen molar-refractivity contribution in [2.24, 2.45) is 5.92 Å². The molecule has 106 valence electrons. The highest BCUT2D eigenvalue weighted by Gasteiger charge is 2.44. The molecule has 4 nitrogen and oxygen atoms in total. The van der Waals surface area contributed by atoms with E-state index in [0.717, 1.165) is 19.6 Å². The number of rotatable bonds is 5. The quantitative estimate of drug-likeness (QED) is 0.793. The zero-order valence-electron chi connectivity index (χ0n) is 10.5. The van der Waals surface area contributed by atoms with E-state index in [1.54, 1.807) is 12.2 Å². The first-order chi connectivity index (χ1) is 9.03. The molecule has 2 rings (SSSR count). The number of hydrogen-bond acceptors (Lipinski definition) is 3. The number of nitrogens with zero attached hydrogens (tertiary/aromatic N) is 1. The van der Waals surface area contributed by atoms with Crippen LogP contribution in [-0.4, -0.2) is 47.3 Å². The highest BCUT2D eigenvalue weighted by Crippen LogP contribution is 2.38. The Bertz CT molecular complexity index is 405. The number of hydrogen-bond donors (Lipinski definition) is 1. The van der Waals surface area contributed by atoms with E-state index in [-0.39, 0.29) is 5.03 Å². The maximum absolute atomic E-state index is 11.3. The van der Waals surface area contributed by atoms with Crippen LogP contribution in [0.25, 0.3) is 0 Å². The molecule has 2 aliphatic rings. The van der Waals surface area contributed by atoms with Crippen molar-refractivity contribution in [3.05, 3.63) is 23.3 Å². The molecular formula is C13H17Cl2NO3. The van der Waals surface area contributed by atoms with Crippen LogP contribution in [0.3, 0.4) is 0 Å². The van der Waals surface area contributed by atoms with Crippen LogP contribution in [-0.2, 0) is 9.53 Å². The lowest BCUT2D eigenvalue weighted by atomic mass is 9.96. The Morgan fingerprint density at radius 3 is 2.84 bits per heavy atom. The van der Waals surface area contributed by atoms with Gasteiger partial charge in [0.05, 0.1) is 6.61 Å². The van der Waals surface area contributed by atoms with E-state index >= 15 is 0 Å². The minimum Gasteiger partial charge on any atom is -0.481 e. The monoisotopic (exact) mass is 305 g/mol. The summed E-state index contributed by atoms with van der Waals surface area (Å²) < 4.78 is 5.61. The first-order valence-electron chi connectivity index (χ1n) is 6.36. The van der Waals surface area contributed by atoms with Crippen molar-refractivity contribution in [3.8, 4) is 0 Å². The van der Waals surface area contributed by atoms with E-state index in [4.69, 9.17) is 27.9 Å². The van der Waals surface area contributed by atoms with E-state index in [1.165, 1.54) is 18.9 Å². The number of likely N-dealkylation sites (tertiary alicyclic amines) is 1. The van der Waals surface area contributed by atoms with Gasteiger partial charge in [-0.3, -0.25) is 4.79 Å². The number of aliphatic carboxylic acids is 1. The molecule has 1 aliphatic heterocycles. The number of carboxylic acid groups (broad SMARTS) is 1. The highest BCUT2D eigenvalue weighted by atomic mass is 35.5. The van der Waals surface area contributed by atoms with Crippen molar-refractivity contribution in [3.63, 3.8) is 0 Å². The van der Waals surface area contributed by atoms with Crippen LogP contribution in [0.4, 0.5) is 0 Å². The van der Waals surface area contributed by atoms with E-state index in [1.807, 2.05) is 0 Å². The van der Waals surface area contributed by atoms with Gasteiger partial charge in [-0.2, -0.15) is 0 Å². The van der Waals surface area contributed by atoms with Gasteiger partial charge in [-0.05, 0) is 38.1 Å². The zero-order valence-corrected chi connectivity index (χ0v) is 12.0. The second kappa shape index (κ2) is 6.27. The van der Waals surface area contributed by atoms with Crippen molar-refractivity contribution in [2.75, 3.05) is 26.2 Å². The molecule has 1 fully saturated rings. The minimum atomic E-state index is -1.39. The standard InChI is InChI=1S/C13H17Cl2NO3/c14-10-4-3-5-13(15,11(10)12(17)18)19-9-8-16-6-1-2-7-16/h3-5,11H,1-2,6-9H2,(H,17,18). The Balaban J connectivity index is 1.94. The maximum atomic E-state index is 11.3. The maximum Gasteiger partial charge on any atom is 0.316 e. The Kier molecular flexibility index (Phi) is 4.90. The number of ether oxygens (including phenoxy) is 1. The van der Waals surface area contributed by atoms with Crippen LogP contribution in [0, 0.1) is 5.92 Å². The van der Waals surface area contributed by atoms with E-state index < -0.39 is 16.9 Å². The lowest BCUT2D eigenvalue weighted by Gasteiger charge is -2.32. The van der Waals surface area contributed by atoms with Gasteiger partial charge in [0.15, 0.2) is 5.06 Å². The van der Waals surface area contributed by atoms with Crippen LogP contribution in [0.15, 0.2) is 23.3 Å². The molecule has 2 atom stereocenters. The van der Waals surface area contributed by atoms with Crippen LogP contribution < -0.4 is 0 Å². The predicted molar refractivity (Wildman–Crippen MR) is 74.4 cm³/mol. The number of carbonyl (C=O) groups is 1. The predicted octanol–water partition coefficient (Wildman–Crippen LogP) is 2.43. The summed E-state index contributed by atoms with van der Waals surface area (Å²) in [4.78, 5) is 13.5. The number of allylic oxidation sites excluding steroid dienone is 2. The van der Waals surface area contributed by atoms with Crippen molar-refractivity contribution in [1.82, 2.24) is 4.90 Å². The SMILES string of the molecule is O=C(O)C1C(Cl)=CC=CC1(Cl)OCCN1CCCC1. The fourth-order valence-electron chi connectivity index (χ4n) is 2.41. The normalized spacial score (nSPS) is 31.5. The largest absolute Gasteiger partial charge is 0.481 e. The van der Waals surface area contributed by atoms with Crippen molar-refractivity contribution >= 4 is 29.2 Å². The molecule has 0 spiro atoms. The Labute approximate surface area is 122 Å². The lowest BCUT2D eigenvalue weighted by Crippen LogP contribution is -2.41. The molecule has 0 aromatic rings. The van der Waals surface area contributed by atoms with Gasteiger partial charge < -0.3 is 14.7 Å². The molecule has 0 saturated carbocycles. The summed E-state index contributed by atoms with van der Waals surface area (Å²) in [5.74, 6) is -2.14. The van der Waals surface area contributed by atoms with Crippen molar-refractivity contribution in [2.45, 2.75) is 17.9 Å². The van der Waals surface area contributed by atoms with E-state index in [2.05, 4.69) is 4.90 Å². The van der Waals surface area contributed by atoms with Gasteiger partial charge in [0.25, 0.3) is 0 Å². The van der Waals surface area contributed by atoms with Gasteiger partial charge in [-0.25, -0.2) is 0 Å². The summed E-state index contributed by atoms with van der Waals surface area (Å²) in [5, 5.41) is 8.02. The second-order valence-electron chi connectivity index (χ2n) is 4.78. The fourth-order valence-corrected chi connectivity index (χ4v) is 3.15. The molecule has 1 aliphatic carbocycles. The third-order valence-electron chi connectivity index (χ3n) is 3.42. The van der Waals surface area contributed by atoms with Crippen LogP contribution in [0.1, 0.15) is 12.8 Å². The smallest absolute Gasteiger partial charge is 0.316 e. The van der Waals surface area contributed by atoms with E-state index in [0.29, 0.717) is 6.61 Å². The molecular weight excluding hydrogens is 289 g/mol. The Morgan fingerprint density at radius 1 is 1.53 bits per heavy atom. The molecule has 6 heteroatoms. The molecule has 0 radical (unpaired) electrons. The third kappa shape index (κ3) is 3.51. The number of carboxylic acids is 1. The summed E-state index contributed by atoms with van der Waals surface area (Å²) in [7, 11) is 0. The van der Waals surface area contributed by atoms with Gasteiger partial charge >= 0.3 is 5.97 Å². The molecule has 2 unspecified atom stereocenters. The van der Waals surface area contributed by atoms with Gasteiger partial charge in [-0.1, -0.05) is 29.3 Å². The topological polar surface area (TPSA) is 49.8 Å². The van der Waals surface area contributed by atoms with Crippen LogP contribution in [0.2, 0.25) is 0 Å². The fraction of sp³-hybridized carbons (Fsp3) is 0.615. The van der Waals surface area contributed by atoms with Gasteiger partial charge in [0.2, 0.25) is 0 Å². The molecule has 1 heterocycles. The van der Waals surface area contributed by atoms with Gasteiger partial charge in [0, 0.05) is 11.6 Å². The van der Waals surface area contributed by atoms with Gasteiger partial charge in [-0.15, -0.1) is 0 Å². The molecule has 0 aromatic heterocycles. The second-order valence-corrected chi connectivity index (χ2v) is 5.80. The number of halogens is 2. The van der Waals surface area contributed by atoms with E-state index in [9.17, 15) is 9.90 Å². The molecule has 1 N–H and O–H groups in total. The van der Waals surface area contributed by atoms with Crippen molar-refractivity contribution < 1.29 is 14.6 Å². The molecule has 0 bridgehead atoms. The molecule has 0 aromatic carbocycles. The molecule has 19 heavy (non-hydrogen) atoms. The van der Waals surface area contributed by atoms with Crippen LogP contribution in [0.5, 0.6) is 0 Å². The Hall–Kier alpha value is -0.550. The first kappa shape index (κ1) is 14.9. The first-order valence-corrected chi connectivity index (χ1v) is 7.11. The Morgan fingerprint density at radius 2 is 2.21 bits per heavy atom. The number of alkyl halides is 1. The third-order valence-corrected chi connectivity index (χ3v) is 4.22. The lowest BCUT2D eigenvalue weighted by molar-refractivity contribution is -0.145. The van der Waals surface area contributed by atoms with Gasteiger partial charge in [0.1, 0.15) is 5.92 Å². The minimum absolute atomic E-state index is 0.186. The van der Waals surface area contributed by atoms with Crippen molar-refractivity contribution in [1.29, 1.82) is 0 Å². The molecule has 1 saturated heterocycles. The highest BCUT2D eigenvalue weighted by molar-refractivity contribution is 6.34. The average Bonchev–Trinajstić information content (AvgIpc) is 2.81. The summed E-state index contributed by atoms with van der Waals surface area (Å²) in [5.41, 5.74) is 0. The molecule has 0 amide bonds. The summed E-state index contributed by atoms with van der Waals surface area (Å²) in [6.07, 6.45) is 7.12. The summed E-state index contributed by atoms with van der Waals surface area (Å²) in [6, 6.07) is 0. The summed E-state index contributed by atoms with van der Waals surface area (Å²) in [6.45, 7) is 3.28. The van der Waals surface area contributed by atoms with Crippen LogP contribution >= 0.6 is 23.2 Å². The zero-order chi connectivity index (χ0) is 13.9.